The van der Waals surface area contributed by atoms with Gasteiger partial charge in [-0.2, -0.15) is 13.5 Å². The molecule has 10 heteroatoms. The number of hydrogen-bond acceptors (Lipinski definition) is 6. The number of rotatable bonds is 6. The summed E-state index contributed by atoms with van der Waals surface area (Å²) in [5.74, 6) is 0.400. The molecule has 0 saturated carbocycles. The highest BCUT2D eigenvalue weighted by Gasteiger charge is 2.26. The third-order valence-electron chi connectivity index (χ3n) is 3.94. The van der Waals surface area contributed by atoms with E-state index in [1.165, 1.54) is 38.6 Å². The highest BCUT2D eigenvalue weighted by atomic mass is 32.2. The molecule has 1 aromatic carbocycles. The molecule has 2 aromatic rings. The quantitative estimate of drug-likeness (QED) is 0.551. The van der Waals surface area contributed by atoms with Crippen molar-refractivity contribution in [2.45, 2.75) is 18.8 Å². The third kappa shape index (κ3) is 4.00. The van der Waals surface area contributed by atoms with E-state index in [4.69, 9.17) is 9.47 Å². The van der Waals surface area contributed by atoms with Crippen LogP contribution < -0.4 is 18.9 Å². The minimum absolute atomic E-state index is 0.0219. The molecule has 1 unspecified atom stereocenters. The molecule has 1 aromatic heterocycles. The van der Waals surface area contributed by atoms with E-state index >= 15 is 0 Å². The van der Waals surface area contributed by atoms with Crippen LogP contribution in [0.5, 0.6) is 17.2 Å². The Hall–Kier alpha value is -2.75. The highest BCUT2D eigenvalue weighted by molar-refractivity contribution is 8.00. The van der Waals surface area contributed by atoms with Gasteiger partial charge in [0.05, 0.1) is 30.7 Å². The topological polar surface area (TPSA) is 84.1 Å². The van der Waals surface area contributed by atoms with Crippen LogP contribution in [0.25, 0.3) is 0 Å². The number of pyridine rings is 1. The SMILES string of the molecule is COc1cc[n+]([O-])c(CS(=O)C2=Nc3cc(OC(F)F)ccc3C2)c1OC. The number of halogens is 2. The van der Waals surface area contributed by atoms with Crippen molar-refractivity contribution in [1.29, 1.82) is 0 Å². The smallest absolute Gasteiger partial charge is 0.387 e. The van der Waals surface area contributed by atoms with Gasteiger partial charge in [0.2, 0.25) is 5.75 Å². The van der Waals surface area contributed by atoms with Gasteiger partial charge in [-0.05, 0) is 11.6 Å². The van der Waals surface area contributed by atoms with Crippen LogP contribution in [0.2, 0.25) is 0 Å². The molecule has 1 aliphatic heterocycles. The van der Waals surface area contributed by atoms with Crippen molar-refractivity contribution in [3.8, 4) is 17.2 Å². The van der Waals surface area contributed by atoms with Crippen LogP contribution in [-0.2, 0) is 23.0 Å². The first kappa shape index (κ1) is 19.0. The van der Waals surface area contributed by atoms with Crippen LogP contribution >= 0.6 is 0 Å². The van der Waals surface area contributed by atoms with Crippen molar-refractivity contribution in [2.24, 2.45) is 4.99 Å². The lowest BCUT2D eigenvalue weighted by Gasteiger charge is -2.12. The maximum Gasteiger partial charge on any atom is 0.387 e. The molecule has 3 rings (SSSR count). The van der Waals surface area contributed by atoms with Crippen molar-refractivity contribution >= 4 is 21.5 Å². The van der Waals surface area contributed by atoms with E-state index in [9.17, 15) is 18.2 Å². The second kappa shape index (κ2) is 7.87. The lowest BCUT2D eigenvalue weighted by Crippen LogP contribution is -2.33. The summed E-state index contributed by atoms with van der Waals surface area (Å²) in [7, 11) is 1.20. The molecule has 1 aliphatic rings. The number of aromatic nitrogens is 1. The van der Waals surface area contributed by atoms with Gasteiger partial charge in [-0.1, -0.05) is 6.07 Å². The zero-order chi connectivity index (χ0) is 19.6. The molecule has 144 valence electrons. The fraction of sp³-hybridized carbons (Fsp3) is 0.294. The van der Waals surface area contributed by atoms with Crippen LogP contribution in [0.4, 0.5) is 14.5 Å². The summed E-state index contributed by atoms with van der Waals surface area (Å²) in [4.78, 5) is 4.25. The van der Waals surface area contributed by atoms with Gasteiger partial charge in [-0.15, -0.1) is 0 Å². The van der Waals surface area contributed by atoms with Gasteiger partial charge in [-0.3, -0.25) is 4.21 Å². The number of ether oxygens (including phenoxy) is 3. The number of hydrogen-bond donors (Lipinski definition) is 0. The van der Waals surface area contributed by atoms with Gasteiger partial charge in [0.15, 0.2) is 11.9 Å². The first-order valence-electron chi connectivity index (χ1n) is 7.79. The van der Waals surface area contributed by atoms with E-state index in [1.807, 2.05) is 0 Å². The van der Waals surface area contributed by atoms with Gasteiger partial charge in [0.25, 0.3) is 5.69 Å². The zero-order valence-electron chi connectivity index (χ0n) is 14.5. The van der Waals surface area contributed by atoms with Crippen LogP contribution in [0.15, 0.2) is 35.5 Å². The monoisotopic (exact) mass is 398 g/mol. The fourth-order valence-corrected chi connectivity index (χ4v) is 3.89. The van der Waals surface area contributed by atoms with E-state index in [0.29, 0.717) is 27.6 Å². The summed E-state index contributed by atoms with van der Waals surface area (Å²) in [6, 6.07) is 5.82. The summed E-state index contributed by atoms with van der Waals surface area (Å²) < 4.78 is 52.7. The number of methoxy groups -OCH3 is 2. The van der Waals surface area contributed by atoms with Gasteiger partial charge >= 0.3 is 6.61 Å². The highest BCUT2D eigenvalue weighted by Crippen LogP contribution is 2.33. The summed E-state index contributed by atoms with van der Waals surface area (Å²) in [6.07, 6.45) is 1.54. The second-order valence-corrected chi connectivity index (χ2v) is 6.98. The second-order valence-electron chi connectivity index (χ2n) is 5.53. The van der Waals surface area contributed by atoms with Crippen molar-refractivity contribution < 1.29 is 31.9 Å². The molecule has 2 heterocycles. The molecule has 0 fully saturated rings. The van der Waals surface area contributed by atoms with Gasteiger partial charge in [0.1, 0.15) is 16.5 Å². The molecule has 0 spiro atoms. The normalized spacial score (nSPS) is 13.9. The number of alkyl halides is 2. The lowest BCUT2D eigenvalue weighted by atomic mass is 10.1. The Morgan fingerprint density at radius 1 is 1.30 bits per heavy atom. The zero-order valence-corrected chi connectivity index (χ0v) is 15.3. The first-order chi connectivity index (χ1) is 12.9. The number of aliphatic imine (C=N–C) groups is 1. The molecule has 0 bridgehead atoms. The predicted octanol–water partition coefficient (Wildman–Crippen LogP) is 2.47. The van der Waals surface area contributed by atoms with Crippen molar-refractivity contribution in [3.63, 3.8) is 0 Å². The average molecular weight is 398 g/mol. The number of nitrogens with zero attached hydrogens (tertiary/aromatic N) is 2. The van der Waals surface area contributed by atoms with Crippen LogP contribution in [0.1, 0.15) is 11.3 Å². The molecule has 1 atom stereocenters. The Balaban J connectivity index is 1.83. The Morgan fingerprint density at radius 2 is 2.07 bits per heavy atom. The van der Waals surface area contributed by atoms with Crippen molar-refractivity contribution in [1.82, 2.24) is 0 Å². The van der Waals surface area contributed by atoms with E-state index < -0.39 is 17.4 Å². The van der Waals surface area contributed by atoms with Crippen molar-refractivity contribution in [3.05, 3.63) is 46.9 Å². The Bertz CT molecular complexity index is 920. The Morgan fingerprint density at radius 3 is 2.74 bits per heavy atom. The summed E-state index contributed by atoms with van der Waals surface area (Å²) in [5.41, 5.74) is 1.31. The molecule has 0 amide bonds. The van der Waals surface area contributed by atoms with E-state index in [0.717, 1.165) is 5.56 Å². The molecule has 7 nitrogen and oxygen atoms in total. The molecule has 27 heavy (non-hydrogen) atoms. The first-order valence-corrected chi connectivity index (χ1v) is 9.11. The summed E-state index contributed by atoms with van der Waals surface area (Å²) in [5, 5.41) is 12.4. The summed E-state index contributed by atoms with van der Waals surface area (Å²) in [6.45, 7) is -2.94. The number of benzene rings is 1. The molecular formula is C17H16F2N2O5S. The lowest BCUT2D eigenvalue weighted by molar-refractivity contribution is -0.613. The average Bonchev–Trinajstić information content (AvgIpc) is 3.06. The van der Waals surface area contributed by atoms with Crippen molar-refractivity contribution in [2.75, 3.05) is 14.2 Å². The Labute approximate surface area is 156 Å². The van der Waals surface area contributed by atoms with Crippen LogP contribution in [-0.4, -0.2) is 30.1 Å². The number of fused-ring (bicyclic) bond motifs is 1. The standard InChI is InChI=1S/C17H16F2N2O5S/c1-24-14-5-6-21(22)13(16(14)25-2)9-27(23)15-7-10-3-4-11(26-17(18)19)8-12(10)20-15/h3-6,8,17H,7,9H2,1-2H3. The maximum atomic E-state index is 12.7. The largest absolute Gasteiger partial charge is 0.618 e. The predicted molar refractivity (Wildman–Crippen MR) is 94.2 cm³/mol. The van der Waals surface area contributed by atoms with Gasteiger partial charge in [0, 0.05) is 18.6 Å². The molecule has 0 N–H and O–H groups in total. The van der Waals surface area contributed by atoms with Gasteiger partial charge in [-0.25, -0.2) is 4.99 Å². The third-order valence-corrected chi connectivity index (χ3v) is 5.23. The molecule has 0 aliphatic carbocycles. The van der Waals surface area contributed by atoms with E-state index in [1.54, 1.807) is 6.07 Å². The van der Waals surface area contributed by atoms with E-state index in [2.05, 4.69) is 9.73 Å². The maximum absolute atomic E-state index is 12.7. The van der Waals surface area contributed by atoms with Gasteiger partial charge < -0.3 is 19.4 Å². The molecule has 0 radical (unpaired) electrons. The van der Waals surface area contributed by atoms with Crippen LogP contribution in [0, 0.1) is 5.21 Å². The minimum atomic E-state index is -2.94. The molecule has 0 saturated heterocycles. The Kier molecular flexibility index (Phi) is 5.54. The summed E-state index contributed by atoms with van der Waals surface area (Å²) >= 11 is 0. The minimum Gasteiger partial charge on any atom is -0.618 e. The van der Waals surface area contributed by atoms with E-state index in [-0.39, 0.29) is 22.9 Å². The molecular weight excluding hydrogens is 382 g/mol. The van der Waals surface area contributed by atoms with Crippen LogP contribution in [0.3, 0.4) is 0 Å². The fourth-order valence-electron chi connectivity index (χ4n) is 2.70.